The first kappa shape index (κ1) is 16.1. The van der Waals surface area contributed by atoms with E-state index in [1.54, 1.807) is 55.6 Å². The fourth-order valence-corrected chi connectivity index (χ4v) is 2.77. The maximum atomic E-state index is 12.3. The van der Waals surface area contributed by atoms with Crippen LogP contribution in [0, 0.1) is 0 Å². The second-order valence-electron chi connectivity index (χ2n) is 5.75. The van der Waals surface area contributed by atoms with Gasteiger partial charge in [-0.3, -0.25) is 9.05 Å². The summed E-state index contributed by atoms with van der Waals surface area (Å²) in [7, 11) is -0.333. The lowest BCUT2D eigenvalue weighted by molar-refractivity contribution is -0.0841. The van der Waals surface area contributed by atoms with Gasteiger partial charge in [0.1, 0.15) is 0 Å². The average Bonchev–Trinajstić information content (AvgIpc) is 1.69. The molecule has 0 unspecified atom stereocenters. The summed E-state index contributed by atoms with van der Waals surface area (Å²) in [6.45, 7) is 10.8. The topological polar surface area (TPSA) is 48.0 Å². The van der Waals surface area contributed by atoms with Crippen LogP contribution in [0.25, 0.3) is 0 Å². The third kappa shape index (κ3) is 8.25. The second kappa shape index (κ2) is 5.15. The molecule has 0 aliphatic rings. The number of rotatable bonds is 4. The van der Waals surface area contributed by atoms with E-state index in [1.165, 1.54) is 5.06 Å². The standard InChI is InChI=1S/C10H24NO4P/c1-9(2,3)13-16(12,15-11(7)8)14-10(4,5)6/h1-8H3. The average molecular weight is 253 g/mol. The Kier molecular flexibility index (Phi) is 5.17. The third-order valence-corrected chi connectivity index (χ3v) is 3.10. The van der Waals surface area contributed by atoms with Gasteiger partial charge in [0.2, 0.25) is 0 Å². The summed E-state index contributed by atoms with van der Waals surface area (Å²) in [5, 5.41) is 1.32. The van der Waals surface area contributed by atoms with Crippen molar-refractivity contribution in [3.63, 3.8) is 0 Å². The minimum atomic E-state index is -3.59. The van der Waals surface area contributed by atoms with Crippen molar-refractivity contribution < 1.29 is 18.2 Å². The summed E-state index contributed by atoms with van der Waals surface area (Å²) in [6, 6.07) is 0. The number of hydrogen-bond acceptors (Lipinski definition) is 5. The van der Waals surface area contributed by atoms with Gasteiger partial charge in [0.25, 0.3) is 0 Å². The number of nitrogens with zero attached hydrogens (tertiary/aromatic N) is 1. The van der Waals surface area contributed by atoms with E-state index in [4.69, 9.17) is 13.7 Å². The van der Waals surface area contributed by atoms with Gasteiger partial charge in [-0.1, -0.05) is 0 Å². The Hall–Kier alpha value is 0.0700. The Morgan fingerprint density at radius 2 is 1.19 bits per heavy atom. The summed E-state index contributed by atoms with van der Waals surface area (Å²) >= 11 is 0. The molecule has 0 fully saturated rings. The van der Waals surface area contributed by atoms with E-state index in [0.717, 1.165) is 0 Å². The van der Waals surface area contributed by atoms with Gasteiger partial charge in [0.05, 0.1) is 11.2 Å². The van der Waals surface area contributed by atoms with Crippen LogP contribution in [-0.4, -0.2) is 30.4 Å². The fraction of sp³-hybridized carbons (Fsp3) is 1.00. The molecule has 0 radical (unpaired) electrons. The summed E-state index contributed by atoms with van der Waals surface area (Å²) < 4.78 is 28.2. The van der Waals surface area contributed by atoms with Crippen molar-refractivity contribution >= 4 is 7.82 Å². The molecule has 0 amide bonds. The van der Waals surface area contributed by atoms with Gasteiger partial charge in [-0.25, -0.2) is 4.57 Å². The first-order chi connectivity index (χ1) is 6.83. The van der Waals surface area contributed by atoms with Gasteiger partial charge in [-0.15, -0.1) is 0 Å². The molecule has 0 aromatic carbocycles. The SMILES string of the molecule is CN(C)OP(=O)(OC(C)(C)C)OC(C)(C)C. The molecule has 0 N–H and O–H groups in total. The maximum Gasteiger partial charge on any atom is 0.492 e. The summed E-state index contributed by atoms with van der Waals surface area (Å²) in [5.74, 6) is 0. The van der Waals surface area contributed by atoms with Gasteiger partial charge in [-0.05, 0) is 41.5 Å². The number of hydroxylamine groups is 2. The molecule has 0 saturated heterocycles. The summed E-state index contributed by atoms with van der Waals surface area (Å²) in [5.41, 5.74) is -1.20. The summed E-state index contributed by atoms with van der Waals surface area (Å²) in [6.07, 6.45) is 0. The monoisotopic (exact) mass is 253 g/mol. The lowest BCUT2D eigenvalue weighted by Crippen LogP contribution is -2.27. The first-order valence-corrected chi connectivity index (χ1v) is 6.68. The highest BCUT2D eigenvalue weighted by atomic mass is 31.2. The van der Waals surface area contributed by atoms with Crippen molar-refractivity contribution in [2.24, 2.45) is 0 Å². The van der Waals surface area contributed by atoms with Crippen LogP contribution < -0.4 is 0 Å². The normalized spacial score (nSPS) is 14.6. The molecule has 0 aliphatic carbocycles. The molecule has 0 aromatic heterocycles. The zero-order valence-electron chi connectivity index (χ0n) is 11.5. The highest BCUT2D eigenvalue weighted by molar-refractivity contribution is 7.48. The predicted octanol–water partition coefficient (Wildman–Crippen LogP) is 3.22. The van der Waals surface area contributed by atoms with Crippen LogP contribution >= 0.6 is 7.82 Å². The van der Waals surface area contributed by atoms with Crippen LogP contribution in [0.15, 0.2) is 0 Å². The maximum absolute atomic E-state index is 12.3. The van der Waals surface area contributed by atoms with Crippen molar-refractivity contribution in [3.8, 4) is 0 Å². The van der Waals surface area contributed by atoms with E-state index >= 15 is 0 Å². The van der Waals surface area contributed by atoms with Crippen molar-refractivity contribution in [1.82, 2.24) is 5.06 Å². The van der Waals surface area contributed by atoms with Crippen LogP contribution in [0.4, 0.5) is 0 Å². The Morgan fingerprint density at radius 3 is 1.38 bits per heavy atom. The smallest absolute Gasteiger partial charge is 0.280 e. The molecule has 0 atom stereocenters. The molecule has 5 nitrogen and oxygen atoms in total. The third-order valence-electron chi connectivity index (χ3n) is 1.03. The molecule has 0 saturated carbocycles. The zero-order chi connectivity index (χ0) is 13.2. The molecule has 98 valence electrons. The van der Waals surface area contributed by atoms with Crippen LogP contribution in [0.2, 0.25) is 0 Å². The number of hydrogen-bond donors (Lipinski definition) is 0. The number of phosphoric ester groups is 1. The summed E-state index contributed by atoms with van der Waals surface area (Å²) in [4.78, 5) is 0. The van der Waals surface area contributed by atoms with Crippen molar-refractivity contribution in [3.05, 3.63) is 0 Å². The van der Waals surface area contributed by atoms with E-state index in [2.05, 4.69) is 0 Å². The predicted molar refractivity (Wildman–Crippen MR) is 64.1 cm³/mol. The van der Waals surface area contributed by atoms with Gasteiger partial charge < -0.3 is 0 Å². The molecule has 0 bridgehead atoms. The molecule has 16 heavy (non-hydrogen) atoms. The Balaban J connectivity index is 4.83. The van der Waals surface area contributed by atoms with Crippen molar-refractivity contribution in [2.75, 3.05) is 14.1 Å². The largest absolute Gasteiger partial charge is 0.492 e. The van der Waals surface area contributed by atoms with Crippen molar-refractivity contribution in [1.29, 1.82) is 0 Å². The molecule has 0 heterocycles. The molecule has 0 spiro atoms. The minimum absolute atomic E-state index is 0.600. The quantitative estimate of drug-likeness (QED) is 0.568. The van der Waals surface area contributed by atoms with E-state index in [0.29, 0.717) is 0 Å². The number of phosphoric acid groups is 1. The van der Waals surface area contributed by atoms with E-state index < -0.39 is 19.0 Å². The van der Waals surface area contributed by atoms with Gasteiger partial charge >= 0.3 is 7.82 Å². The Morgan fingerprint density at radius 1 is 0.875 bits per heavy atom. The molecule has 6 heteroatoms. The Labute approximate surface area is 98.6 Å². The fourth-order valence-electron chi connectivity index (χ4n) is 0.923. The minimum Gasteiger partial charge on any atom is -0.280 e. The first-order valence-electron chi connectivity index (χ1n) is 5.22. The van der Waals surface area contributed by atoms with E-state index in [-0.39, 0.29) is 0 Å². The van der Waals surface area contributed by atoms with Crippen LogP contribution in [0.3, 0.4) is 0 Å². The Bertz CT molecular complexity index is 245. The van der Waals surface area contributed by atoms with Crippen LogP contribution in [0.5, 0.6) is 0 Å². The van der Waals surface area contributed by atoms with Gasteiger partial charge in [0.15, 0.2) is 0 Å². The van der Waals surface area contributed by atoms with Crippen LogP contribution in [0.1, 0.15) is 41.5 Å². The van der Waals surface area contributed by atoms with Gasteiger partial charge in [-0.2, -0.15) is 9.69 Å². The van der Waals surface area contributed by atoms with E-state index in [9.17, 15) is 4.57 Å². The highest BCUT2D eigenvalue weighted by Gasteiger charge is 2.38. The lowest BCUT2D eigenvalue weighted by atomic mass is 10.2. The molecular weight excluding hydrogens is 229 g/mol. The van der Waals surface area contributed by atoms with Gasteiger partial charge in [0, 0.05) is 14.1 Å². The molecule has 0 aromatic rings. The molecule has 0 rings (SSSR count). The van der Waals surface area contributed by atoms with Crippen molar-refractivity contribution in [2.45, 2.75) is 52.7 Å². The lowest BCUT2D eigenvalue weighted by Gasteiger charge is -2.31. The second-order valence-corrected chi connectivity index (χ2v) is 7.17. The molecular formula is C10H24NO4P. The highest BCUT2D eigenvalue weighted by Crippen LogP contribution is 2.55. The molecule has 0 aliphatic heterocycles. The van der Waals surface area contributed by atoms with E-state index in [1.807, 2.05) is 0 Å². The van der Waals surface area contributed by atoms with Crippen LogP contribution in [-0.2, 0) is 18.2 Å². The zero-order valence-corrected chi connectivity index (χ0v) is 12.4.